The molecule has 2 rings (SSSR count). The highest BCUT2D eigenvalue weighted by Gasteiger charge is 2.33. The second-order valence-electron chi connectivity index (χ2n) is 4.15. The Bertz CT molecular complexity index is 442. The molecule has 4 heteroatoms. The maximum Gasteiger partial charge on any atom is 0.227 e. The number of benzene rings is 1. The van der Waals surface area contributed by atoms with Gasteiger partial charge in [0.2, 0.25) is 11.8 Å². The molecular weight excluding hydrogens is 204 g/mol. The smallest absolute Gasteiger partial charge is 0.227 e. The largest absolute Gasteiger partial charge is 0.369 e. The van der Waals surface area contributed by atoms with Gasteiger partial charge in [0.05, 0.1) is 5.92 Å². The molecule has 16 heavy (non-hydrogen) atoms. The topological polar surface area (TPSA) is 63.4 Å². The molecule has 4 nitrogen and oxygen atoms in total. The first-order valence-electron chi connectivity index (χ1n) is 5.24. The lowest BCUT2D eigenvalue weighted by atomic mass is 10.1. The Hall–Kier alpha value is -1.84. The van der Waals surface area contributed by atoms with Crippen LogP contribution in [0.25, 0.3) is 0 Å². The molecule has 0 aliphatic carbocycles. The zero-order valence-electron chi connectivity index (χ0n) is 9.14. The fourth-order valence-electron chi connectivity index (χ4n) is 1.94. The summed E-state index contributed by atoms with van der Waals surface area (Å²) >= 11 is 0. The normalized spacial score (nSPS) is 20.2. The molecule has 1 fully saturated rings. The lowest BCUT2D eigenvalue weighted by Crippen LogP contribution is -2.28. The van der Waals surface area contributed by atoms with E-state index in [1.807, 2.05) is 31.2 Å². The van der Waals surface area contributed by atoms with Crippen LogP contribution in [0.2, 0.25) is 0 Å². The first kappa shape index (κ1) is 10.7. The Labute approximate surface area is 94.0 Å². The Balaban J connectivity index is 2.23. The molecule has 0 unspecified atom stereocenters. The van der Waals surface area contributed by atoms with Crippen LogP contribution < -0.4 is 10.6 Å². The molecule has 0 bridgehead atoms. The van der Waals surface area contributed by atoms with Crippen molar-refractivity contribution in [1.82, 2.24) is 0 Å². The molecule has 0 saturated carbocycles. The predicted octanol–water partition coefficient (Wildman–Crippen LogP) is 0.833. The van der Waals surface area contributed by atoms with Crippen molar-refractivity contribution in [3.05, 3.63) is 29.8 Å². The van der Waals surface area contributed by atoms with Gasteiger partial charge in [-0.05, 0) is 24.6 Å². The minimum absolute atomic E-state index is 0.0330. The number of anilines is 1. The molecule has 0 aromatic heterocycles. The minimum Gasteiger partial charge on any atom is -0.369 e. The van der Waals surface area contributed by atoms with Gasteiger partial charge in [-0.15, -0.1) is 0 Å². The number of carbonyl (C=O) groups excluding carboxylic acids is 2. The quantitative estimate of drug-likeness (QED) is 0.799. The summed E-state index contributed by atoms with van der Waals surface area (Å²) in [5.74, 6) is -0.786. The number of nitrogens with zero attached hydrogens (tertiary/aromatic N) is 1. The Kier molecular flexibility index (Phi) is 2.64. The summed E-state index contributed by atoms with van der Waals surface area (Å²) in [4.78, 5) is 24.4. The average Bonchev–Trinajstić information content (AvgIpc) is 2.60. The average molecular weight is 218 g/mol. The van der Waals surface area contributed by atoms with Gasteiger partial charge in [0.15, 0.2) is 0 Å². The van der Waals surface area contributed by atoms with Gasteiger partial charge in [-0.25, -0.2) is 0 Å². The first-order chi connectivity index (χ1) is 7.58. The van der Waals surface area contributed by atoms with Crippen LogP contribution in [0.1, 0.15) is 12.0 Å². The molecule has 84 valence electrons. The number of hydrogen-bond donors (Lipinski definition) is 1. The van der Waals surface area contributed by atoms with Crippen LogP contribution >= 0.6 is 0 Å². The van der Waals surface area contributed by atoms with E-state index in [4.69, 9.17) is 5.73 Å². The van der Waals surface area contributed by atoms with Gasteiger partial charge >= 0.3 is 0 Å². The molecule has 2 N–H and O–H groups in total. The highest BCUT2D eigenvalue weighted by Crippen LogP contribution is 2.25. The van der Waals surface area contributed by atoms with Gasteiger partial charge in [0.1, 0.15) is 0 Å². The lowest BCUT2D eigenvalue weighted by Gasteiger charge is -2.16. The second kappa shape index (κ2) is 3.96. The van der Waals surface area contributed by atoms with Crippen molar-refractivity contribution < 1.29 is 9.59 Å². The summed E-state index contributed by atoms with van der Waals surface area (Å²) in [6.45, 7) is 2.37. The van der Waals surface area contributed by atoms with Gasteiger partial charge in [-0.1, -0.05) is 12.1 Å². The fraction of sp³-hybridized carbons (Fsp3) is 0.333. The second-order valence-corrected chi connectivity index (χ2v) is 4.15. The molecule has 1 atom stereocenters. The molecular formula is C12H14N2O2. The molecule has 2 amide bonds. The van der Waals surface area contributed by atoms with Crippen molar-refractivity contribution in [1.29, 1.82) is 0 Å². The van der Waals surface area contributed by atoms with Crippen molar-refractivity contribution in [3.8, 4) is 0 Å². The third kappa shape index (κ3) is 1.91. The number of nitrogens with two attached hydrogens (primary N) is 1. The fourth-order valence-corrected chi connectivity index (χ4v) is 1.94. The summed E-state index contributed by atoms with van der Waals surface area (Å²) < 4.78 is 0. The van der Waals surface area contributed by atoms with Crippen molar-refractivity contribution >= 4 is 17.5 Å². The first-order valence-corrected chi connectivity index (χ1v) is 5.24. The number of rotatable bonds is 2. The standard InChI is InChI=1S/C12H14N2O2/c1-8-3-2-4-10(5-8)14-7-9(12(13)16)6-11(14)15/h2-5,9H,6-7H2,1H3,(H2,13,16)/t9-/m1/s1. The van der Waals surface area contributed by atoms with Crippen LogP contribution in [0.4, 0.5) is 5.69 Å². The lowest BCUT2D eigenvalue weighted by molar-refractivity contribution is -0.123. The number of amides is 2. The highest BCUT2D eigenvalue weighted by atomic mass is 16.2. The summed E-state index contributed by atoms with van der Waals surface area (Å²) in [5, 5.41) is 0. The van der Waals surface area contributed by atoms with E-state index in [1.165, 1.54) is 0 Å². The summed E-state index contributed by atoms with van der Waals surface area (Å²) in [6.07, 6.45) is 0.225. The molecule has 1 aromatic carbocycles. The molecule has 1 saturated heterocycles. The van der Waals surface area contributed by atoms with Crippen molar-refractivity contribution in [2.75, 3.05) is 11.4 Å². The van der Waals surface area contributed by atoms with Gasteiger partial charge in [0.25, 0.3) is 0 Å². The van der Waals surface area contributed by atoms with Crippen LogP contribution in [-0.4, -0.2) is 18.4 Å². The van der Waals surface area contributed by atoms with Crippen LogP contribution in [0.15, 0.2) is 24.3 Å². The van der Waals surface area contributed by atoms with E-state index in [1.54, 1.807) is 4.90 Å². The molecule has 1 aliphatic rings. The van der Waals surface area contributed by atoms with E-state index in [2.05, 4.69) is 0 Å². The maximum absolute atomic E-state index is 11.7. The van der Waals surface area contributed by atoms with E-state index in [0.717, 1.165) is 11.3 Å². The summed E-state index contributed by atoms with van der Waals surface area (Å²) in [5.41, 5.74) is 7.14. The molecule has 1 aliphatic heterocycles. The van der Waals surface area contributed by atoms with E-state index in [9.17, 15) is 9.59 Å². The third-order valence-electron chi connectivity index (χ3n) is 2.84. The minimum atomic E-state index is -0.400. The number of aryl methyl sites for hydroxylation is 1. The predicted molar refractivity (Wildman–Crippen MR) is 60.8 cm³/mol. The van der Waals surface area contributed by atoms with Gasteiger partial charge < -0.3 is 10.6 Å². The van der Waals surface area contributed by atoms with Crippen LogP contribution in [0.3, 0.4) is 0 Å². The number of primary amides is 1. The van der Waals surface area contributed by atoms with E-state index in [0.29, 0.717) is 6.54 Å². The molecule has 0 radical (unpaired) electrons. The van der Waals surface area contributed by atoms with Crippen molar-refractivity contribution in [2.45, 2.75) is 13.3 Å². The zero-order valence-corrected chi connectivity index (χ0v) is 9.14. The van der Waals surface area contributed by atoms with Crippen LogP contribution in [-0.2, 0) is 9.59 Å². The highest BCUT2D eigenvalue weighted by molar-refractivity contribution is 6.00. The SMILES string of the molecule is Cc1cccc(N2C[C@H](C(N)=O)CC2=O)c1. The van der Waals surface area contributed by atoms with E-state index < -0.39 is 5.91 Å². The summed E-state index contributed by atoms with van der Waals surface area (Å²) in [6, 6.07) is 7.67. The number of hydrogen-bond acceptors (Lipinski definition) is 2. The van der Waals surface area contributed by atoms with Crippen LogP contribution in [0.5, 0.6) is 0 Å². The Morgan fingerprint density at radius 1 is 1.50 bits per heavy atom. The van der Waals surface area contributed by atoms with Gasteiger partial charge in [-0.2, -0.15) is 0 Å². The van der Waals surface area contributed by atoms with Crippen LogP contribution in [0, 0.1) is 12.8 Å². The van der Waals surface area contributed by atoms with Crippen molar-refractivity contribution in [3.63, 3.8) is 0 Å². The van der Waals surface area contributed by atoms with E-state index >= 15 is 0 Å². The molecule has 0 spiro atoms. The van der Waals surface area contributed by atoms with Gasteiger partial charge in [0, 0.05) is 18.7 Å². The number of carbonyl (C=O) groups is 2. The van der Waals surface area contributed by atoms with Gasteiger partial charge in [-0.3, -0.25) is 9.59 Å². The Morgan fingerprint density at radius 3 is 2.81 bits per heavy atom. The Morgan fingerprint density at radius 2 is 2.25 bits per heavy atom. The zero-order chi connectivity index (χ0) is 11.7. The third-order valence-corrected chi connectivity index (χ3v) is 2.84. The van der Waals surface area contributed by atoms with Crippen molar-refractivity contribution in [2.24, 2.45) is 11.7 Å². The monoisotopic (exact) mass is 218 g/mol. The molecule has 1 aromatic rings. The summed E-state index contributed by atoms with van der Waals surface area (Å²) in [7, 11) is 0. The van der Waals surface area contributed by atoms with E-state index in [-0.39, 0.29) is 18.2 Å². The molecule has 1 heterocycles. The maximum atomic E-state index is 11.7.